The number of fused-ring (bicyclic) bond motifs is 1. The van der Waals surface area contributed by atoms with Crippen LogP contribution in [0.25, 0.3) is 10.8 Å². The minimum Gasteiger partial charge on any atom is -0.507 e. The maximum absolute atomic E-state index is 11.9. The van der Waals surface area contributed by atoms with Gasteiger partial charge in [0.25, 0.3) is 0 Å². The molecular formula is C19H21N3O3. The first-order valence-electron chi connectivity index (χ1n) is 8.50. The van der Waals surface area contributed by atoms with Gasteiger partial charge in [-0.2, -0.15) is 5.10 Å². The lowest BCUT2D eigenvalue weighted by Gasteiger charge is -2.22. The SMILES string of the molecule is O=C(N/N=C\c1c(O)ccc2ccccc12)C(=O)NC1CCCCC1. The zero-order valence-corrected chi connectivity index (χ0v) is 13.9. The summed E-state index contributed by atoms with van der Waals surface area (Å²) in [5.74, 6) is -1.42. The van der Waals surface area contributed by atoms with Crippen LogP contribution in [0, 0.1) is 0 Å². The van der Waals surface area contributed by atoms with Gasteiger partial charge in [-0.3, -0.25) is 9.59 Å². The second kappa shape index (κ2) is 7.79. The van der Waals surface area contributed by atoms with E-state index in [0.29, 0.717) is 5.56 Å². The highest BCUT2D eigenvalue weighted by Crippen LogP contribution is 2.25. The summed E-state index contributed by atoms with van der Waals surface area (Å²) in [4.78, 5) is 23.7. The highest BCUT2D eigenvalue weighted by Gasteiger charge is 2.20. The van der Waals surface area contributed by atoms with Crippen LogP contribution in [0.15, 0.2) is 41.5 Å². The van der Waals surface area contributed by atoms with Gasteiger partial charge in [0.2, 0.25) is 0 Å². The Morgan fingerprint density at radius 3 is 2.60 bits per heavy atom. The molecule has 0 aromatic heterocycles. The molecule has 6 heteroatoms. The average Bonchev–Trinajstić information content (AvgIpc) is 2.64. The highest BCUT2D eigenvalue weighted by molar-refractivity contribution is 6.35. The molecule has 0 aliphatic heterocycles. The molecule has 25 heavy (non-hydrogen) atoms. The summed E-state index contributed by atoms with van der Waals surface area (Å²) in [6.07, 6.45) is 6.50. The molecule has 0 heterocycles. The molecule has 2 aromatic rings. The first-order chi connectivity index (χ1) is 12.1. The van der Waals surface area contributed by atoms with Gasteiger partial charge in [0.15, 0.2) is 0 Å². The molecule has 3 rings (SSSR count). The van der Waals surface area contributed by atoms with Gasteiger partial charge in [0, 0.05) is 11.6 Å². The smallest absolute Gasteiger partial charge is 0.329 e. The molecule has 0 spiro atoms. The van der Waals surface area contributed by atoms with Gasteiger partial charge < -0.3 is 10.4 Å². The van der Waals surface area contributed by atoms with Crippen molar-refractivity contribution in [1.29, 1.82) is 0 Å². The van der Waals surface area contributed by atoms with Crippen molar-refractivity contribution < 1.29 is 14.7 Å². The van der Waals surface area contributed by atoms with Gasteiger partial charge in [0.1, 0.15) is 5.75 Å². The Hall–Kier alpha value is -2.89. The quantitative estimate of drug-likeness (QED) is 0.456. The average molecular weight is 339 g/mol. The van der Waals surface area contributed by atoms with E-state index in [-0.39, 0.29) is 11.8 Å². The Labute approximate surface area is 145 Å². The van der Waals surface area contributed by atoms with E-state index in [1.807, 2.05) is 24.3 Å². The van der Waals surface area contributed by atoms with Crippen LogP contribution in [0.1, 0.15) is 37.7 Å². The lowest BCUT2D eigenvalue weighted by atomic mass is 9.95. The van der Waals surface area contributed by atoms with E-state index in [2.05, 4.69) is 15.8 Å². The summed E-state index contributed by atoms with van der Waals surface area (Å²) in [6.45, 7) is 0. The molecule has 1 aliphatic carbocycles. The van der Waals surface area contributed by atoms with E-state index in [1.54, 1.807) is 12.1 Å². The van der Waals surface area contributed by atoms with Crippen molar-refractivity contribution in [2.75, 3.05) is 0 Å². The highest BCUT2D eigenvalue weighted by atomic mass is 16.3. The summed E-state index contributed by atoms with van der Waals surface area (Å²) >= 11 is 0. The fourth-order valence-corrected chi connectivity index (χ4v) is 3.12. The number of phenols is 1. The Morgan fingerprint density at radius 1 is 1.04 bits per heavy atom. The van der Waals surface area contributed by atoms with Crippen LogP contribution in [0.3, 0.4) is 0 Å². The van der Waals surface area contributed by atoms with Crippen LogP contribution < -0.4 is 10.7 Å². The van der Waals surface area contributed by atoms with Gasteiger partial charge in [-0.15, -0.1) is 0 Å². The number of benzene rings is 2. The first-order valence-corrected chi connectivity index (χ1v) is 8.50. The molecule has 130 valence electrons. The Bertz CT molecular complexity index is 811. The number of carbonyl (C=O) groups excluding carboxylic acids is 2. The number of aromatic hydroxyl groups is 1. The maximum atomic E-state index is 11.9. The fraction of sp³-hybridized carbons (Fsp3) is 0.316. The second-order valence-electron chi connectivity index (χ2n) is 6.23. The molecule has 6 nitrogen and oxygen atoms in total. The molecular weight excluding hydrogens is 318 g/mol. The molecule has 1 aliphatic rings. The predicted molar refractivity (Wildman–Crippen MR) is 96.4 cm³/mol. The Morgan fingerprint density at radius 2 is 1.80 bits per heavy atom. The lowest BCUT2D eigenvalue weighted by molar-refractivity contribution is -0.139. The number of nitrogens with zero attached hydrogens (tertiary/aromatic N) is 1. The standard InChI is InChI=1S/C19H21N3O3/c23-17-11-10-13-6-4-5-9-15(13)16(17)12-20-22-19(25)18(24)21-14-7-2-1-3-8-14/h4-6,9-12,14,23H,1-3,7-8H2,(H,21,24)(H,22,25)/b20-12-. The van der Waals surface area contributed by atoms with Gasteiger partial charge >= 0.3 is 11.8 Å². The minimum absolute atomic E-state index is 0.0587. The van der Waals surface area contributed by atoms with E-state index < -0.39 is 11.8 Å². The molecule has 0 unspecified atom stereocenters. The van der Waals surface area contributed by atoms with Crippen molar-refractivity contribution in [3.63, 3.8) is 0 Å². The summed E-state index contributed by atoms with van der Waals surface area (Å²) in [5, 5.41) is 18.3. The van der Waals surface area contributed by atoms with Crippen molar-refractivity contribution in [3.05, 3.63) is 42.0 Å². The van der Waals surface area contributed by atoms with Crippen LogP contribution in [0.5, 0.6) is 5.75 Å². The first kappa shape index (κ1) is 17.0. The third-order valence-electron chi connectivity index (χ3n) is 4.45. The summed E-state index contributed by atoms with van der Waals surface area (Å²) < 4.78 is 0. The number of phenolic OH excluding ortho intramolecular Hbond substituents is 1. The van der Waals surface area contributed by atoms with E-state index in [0.717, 1.165) is 36.5 Å². The molecule has 0 radical (unpaired) electrons. The molecule has 1 fully saturated rings. The topological polar surface area (TPSA) is 90.8 Å². The molecule has 2 aromatic carbocycles. The number of amides is 2. The van der Waals surface area contributed by atoms with E-state index >= 15 is 0 Å². The van der Waals surface area contributed by atoms with Crippen LogP contribution in [-0.2, 0) is 9.59 Å². The molecule has 2 amide bonds. The molecule has 3 N–H and O–H groups in total. The predicted octanol–water partition coefficient (Wildman–Crippen LogP) is 2.44. The number of hydrogen-bond acceptors (Lipinski definition) is 4. The Kier molecular flexibility index (Phi) is 5.28. The lowest BCUT2D eigenvalue weighted by Crippen LogP contribution is -2.44. The van der Waals surface area contributed by atoms with Gasteiger partial charge in [-0.25, -0.2) is 5.43 Å². The number of carbonyl (C=O) groups is 2. The van der Waals surface area contributed by atoms with Gasteiger partial charge in [-0.05, 0) is 29.7 Å². The largest absolute Gasteiger partial charge is 0.507 e. The van der Waals surface area contributed by atoms with Crippen LogP contribution in [-0.4, -0.2) is 29.2 Å². The molecule has 0 atom stereocenters. The number of nitrogens with one attached hydrogen (secondary N) is 2. The monoisotopic (exact) mass is 339 g/mol. The van der Waals surface area contributed by atoms with Crippen molar-refractivity contribution >= 4 is 28.8 Å². The molecule has 0 bridgehead atoms. The molecule has 1 saturated carbocycles. The fourth-order valence-electron chi connectivity index (χ4n) is 3.12. The van der Waals surface area contributed by atoms with Crippen molar-refractivity contribution in [2.45, 2.75) is 38.1 Å². The third kappa shape index (κ3) is 4.15. The third-order valence-corrected chi connectivity index (χ3v) is 4.45. The molecule has 0 saturated heterocycles. The van der Waals surface area contributed by atoms with E-state index in [9.17, 15) is 14.7 Å². The summed E-state index contributed by atoms with van der Waals surface area (Å²) in [5.41, 5.74) is 2.71. The number of hydrazone groups is 1. The number of hydrogen-bond donors (Lipinski definition) is 3. The van der Waals surface area contributed by atoms with Crippen LogP contribution in [0.4, 0.5) is 0 Å². The van der Waals surface area contributed by atoms with Crippen LogP contribution >= 0.6 is 0 Å². The van der Waals surface area contributed by atoms with Crippen molar-refractivity contribution in [1.82, 2.24) is 10.7 Å². The van der Waals surface area contributed by atoms with E-state index in [4.69, 9.17) is 0 Å². The summed E-state index contributed by atoms with van der Waals surface area (Å²) in [6, 6.07) is 11.0. The summed E-state index contributed by atoms with van der Waals surface area (Å²) in [7, 11) is 0. The second-order valence-corrected chi connectivity index (χ2v) is 6.23. The van der Waals surface area contributed by atoms with Crippen molar-refractivity contribution in [3.8, 4) is 5.75 Å². The van der Waals surface area contributed by atoms with Gasteiger partial charge in [0.05, 0.1) is 6.21 Å². The van der Waals surface area contributed by atoms with Crippen molar-refractivity contribution in [2.24, 2.45) is 5.10 Å². The minimum atomic E-state index is -0.804. The number of rotatable bonds is 3. The van der Waals surface area contributed by atoms with E-state index in [1.165, 1.54) is 12.6 Å². The van der Waals surface area contributed by atoms with Crippen LogP contribution in [0.2, 0.25) is 0 Å². The normalized spacial score (nSPS) is 15.4. The zero-order chi connectivity index (χ0) is 17.6. The zero-order valence-electron chi connectivity index (χ0n) is 13.9. The maximum Gasteiger partial charge on any atom is 0.329 e. The van der Waals surface area contributed by atoms with Gasteiger partial charge in [-0.1, -0.05) is 49.6 Å². The Balaban J connectivity index is 1.64.